The van der Waals surface area contributed by atoms with E-state index in [1.54, 1.807) is 7.11 Å². The van der Waals surface area contributed by atoms with E-state index in [-0.39, 0.29) is 24.0 Å². The second kappa shape index (κ2) is 12.3. The van der Waals surface area contributed by atoms with Crippen LogP contribution < -0.4 is 15.4 Å². The van der Waals surface area contributed by atoms with Crippen molar-refractivity contribution in [3.8, 4) is 5.75 Å². The lowest BCUT2D eigenvalue weighted by atomic mass is 10.0. The summed E-state index contributed by atoms with van der Waals surface area (Å²) in [5, 5.41) is 8.04. The Hall–Kier alpha value is -1.35. The molecule has 0 amide bonds. The van der Waals surface area contributed by atoms with Gasteiger partial charge in [-0.15, -0.1) is 35.3 Å². The Morgan fingerprint density at radius 1 is 1.25 bits per heavy atom. The van der Waals surface area contributed by atoms with Crippen LogP contribution in [0.25, 0.3) is 0 Å². The number of thiazole rings is 1. The van der Waals surface area contributed by atoms with Gasteiger partial charge in [-0.05, 0) is 56.7 Å². The maximum absolute atomic E-state index is 5.28. The van der Waals surface area contributed by atoms with Crippen molar-refractivity contribution < 1.29 is 4.74 Å². The lowest BCUT2D eigenvalue weighted by Crippen LogP contribution is -2.37. The van der Waals surface area contributed by atoms with Crippen molar-refractivity contribution in [1.82, 2.24) is 15.6 Å². The van der Waals surface area contributed by atoms with E-state index in [9.17, 15) is 0 Å². The number of nitrogens with zero attached hydrogens (tertiary/aromatic N) is 2. The van der Waals surface area contributed by atoms with E-state index in [0.717, 1.165) is 43.2 Å². The van der Waals surface area contributed by atoms with Crippen LogP contribution in [0.2, 0.25) is 0 Å². The SMILES string of the molecule is CCNC(=NCc1cccc(OC)c1)NCCCc1nc2c(s1)CCCC2.I. The first-order valence-electron chi connectivity index (χ1n) is 9.91. The molecule has 0 unspecified atom stereocenters. The molecule has 7 heteroatoms. The van der Waals surface area contributed by atoms with Crippen LogP contribution in [0.15, 0.2) is 29.3 Å². The molecule has 1 aliphatic carbocycles. The fourth-order valence-electron chi connectivity index (χ4n) is 3.24. The second-order valence-corrected chi connectivity index (χ2v) is 7.93. The highest BCUT2D eigenvalue weighted by atomic mass is 127. The molecule has 1 aliphatic rings. The van der Waals surface area contributed by atoms with Crippen molar-refractivity contribution in [3.63, 3.8) is 0 Å². The smallest absolute Gasteiger partial charge is 0.191 e. The van der Waals surface area contributed by atoms with E-state index in [0.29, 0.717) is 6.54 Å². The van der Waals surface area contributed by atoms with Crippen LogP contribution >= 0.6 is 35.3 Å². The van der Waals surface area contributed by atoms with Gasteiger partial charge in [-0.2, -0.15) is 0 Å². The standard InChI is InChI=1S/C21H30N4OS.HI/c1-3-22-21(24-15-16-8-6-9-17(14-16)26-2)23-13-7-12-20-25-18-10-4-5-11-19(18)27-20;/h6,8-9,14H,3-5,7,10-13,15H2,1-2H3,(H2,22,23,24);1H. The summed E-state index contributed by atoms with van der Waals surface area (Å²) < 4.78 is 5.28. The molecule has 0 radical (unpaired) electrons. The zero-order valence-corrected chi connectivity index (χ0v) is 19.9. The third-order valence-electron chi connectivity index (χ3n) is 4.65. The van der Waals surface area contributed by atoms with Crippen molar-refractivity contribution in [1.29, 1.82) is 0 Å². The van der Waals surface area contributed by atoms with Crippen LogP contribution in [-0.2, 0) is 25.8 Å². The number of aliphatic imine (C=N–C) groups is 1. The third kappa shape index (κ3) is 6.92. The van der Waals surface area contributed by atoms with Crippen LogP contribution in [0.4, 0.5) is 0 Å². The number of aromatic nitrogens is 1. The largest absolute Gasteiger partial charge is 0.497 e. The van der Waals surface area contributed by atoms with Crippen LogP contribution in [-0.4, -0.2) is 31.1 Å². The zero-order valence-electron chi connectivity index (χ0n) is 16.8. The molecule has 0 spiro atoms. The minimum absolute atomic E-state index is 0. The maximum Gasteiger partial charge on any atom is 0.191 e. The summed E-state index contributed by atoms with van der Waals surface area (Å²) in [5.74, 6) is 1.73. The molecule has 2 aromatic rings. The van der Waals surface area contributed by atoms with Gasteiger partial charge in [0.2, 0.25) is 0 Å². The molecule has 1 aromatic heterocycles. The highest BCUT2D eigenvalue weighted by Gasteiger charge is 2.14. The van der Waals surface area contributed by atoms with Gasteiger partial charge in [-0.25, -0.2) is 9.98 Å². The highest BCUT2D eigenvalue weighted by molar-refractivity contribution is 14.0. The average molecular weight is 514 g/mol. The van der Waals surface area contributed by atoms with Crippen molar-refractivity contribution in [2.24, 2.45) is 4.99 Å². The normalized spacial score (nSPS) is 13.4. The van der Waals surface area contributed by atoms with Gasteiger partial charge in [-0.3, -0.25) is 0 Å². The number of hydrogen-bond acceptors (Lipinski definition) is 4. The predicted molar refractivity (Wildman–Crippen MR) is 128 cm³/mol. The molecular weight excluding hydrogens is 483 g/mol. The summed E-state index contributed by atoms with van der Waals surface area (Å²) in [6.07, 6.45) is 7.13. The van der Waals surface area contributed by atoms with Crippen molar-refractivity contribution in [3.05, 3.63) is 45.4 Å². The van der Waals surface area contributed by atoms with Crippen LogP contribution in [0.1, 0.15) is 47.3 Å². The molecular formula is C21H31IN4OS. The number of aryl methyl sites for hydroxylation is 3. The number of halogens is 1. The Kier molecular flexibility index (Phi) is 10.0. The monoisotopic (exact) mass is 514 g/mol. The van der Waals surface area contributed by atoms with E-state index >= 15 is 0 Å². The lowest BCUT2D eigenvalue weighted by Gasteiger charge is -2.11. The summed E-state index contributed by atoms with van der Waals surface area (Å²) in [6.45, 7) is 4.46. The van der Waals surface area contributed by atoms with Gasteiger partial charge in [-0.1, -0.05) is 12.1 Å². The van der Waals surface area contributed by atoms with E-state index in [4.69, 9.17) is 9.72 Å². The van der Waals surface area contributed by atoms with Gasteiger partial charge in [0, 0.05) is 24.4 Å². The minimum Gasteiger partial charge on any atom is -0.497 e. The van der Waals surface area contributed by atoms with Gasteiger partial charge in [0.1, 0.15) is 5.75 Å². The summed E-state index contributed by atoms with van der Waals surface area (Å²) in [4.78, 5) is 11.0. The Labute approximate surface area is 189 Å². The number of hydrogen-bond donors (Lipinski definition) is 2. The molecule has 0 fully saturated rings. The predicted octanol–water partition coefficient (Wildman–Crippen LogP) is 4.34. The lowest BCUT2D eigenvalue weighted by molar-refractivity contribution is 0.414. The van der Waals surface area contributed by atoms with Gasteiger partial charge in [0.05, 0.1) is 24.4 Å². The Morgan fingerprint density at radius 3 is 2.89 bits per heavy atom. The first kappa shape index (κ1) is 22.9. The van der Waals surface area contributed by atoms with Gasteiger partial charge in [0.25, 0.3) is 0 Å². The molecule has 154 valence electrons. The summed E-state index contributed by atoms with van der Waals surface area (Å²) in [5.41, 5.74) is 2.50. The maximum atomic E-state index is 5.28. The second-order valence-electron chi connectivity index (χ2n) is 6.76. The Balaban J connectivity index is 0.00000280. The molecule has 1 heterocycles. The number of guanidine groups is 1. The molecule has 0 bridgehead atoms. The van der Waals surface area contributed by atoms with Gasteiger partial charge < -0.3 is 15.4 Å². The van der Waals surface area contributed by atoms with Crippen LogP contribution in [0, 0.1) is 0 Å². The van der Waals surface area contributed by atoms with E-state index in [1.165, 1.54) is 41.3 Å². The molecule has 0 saturated heterocycles. The van der Waals surface area contributed by atoms with Crippen molar-refractivity contribution >= 4 is 41.3 Å². The fourth-order valence-corrected chi connectivity index (χ4v) is 4.44. The zero-order chi connectivity index (χ0) is 18.9. The Bertz CT molecular complexity index is 739. The number of benzene rings is 1. The molecule has 5 nitrogen and oxygen atoms in total. The Morgan fingerprint density at radius 2 is 2.11 bits per heavy atom. The molecule has 3 rings (SSSR count). The van der Waals surface area contributed by atoms with E-state index in [2.05, 4.69) is 28.6 Å². The highest BCUT2D eigenvalue weighted by Crippen LogP contribution is 2.27. The fraction of sp³-hybridized carbons (Fsp3) is 0.524. The average Bonchev–Trinajstić information content (AvgIpc) is 3.12. The first-order valence-corrected chi connectivity index (χ1v) is 10.7. The third-order valence-corrected chi connectivity index (χ3v) is 5.87. The first-order chi connectivity index (χ1) is 13.3. The molecule has 1 aromatic carbocycles. The van der Waals surface area contributed by atoms with E-state index in [1.807, 2.05) is 29.5 Å². The van der Waals surface area contributed by atoms with E-state index < -0.39 is 0 Å². The van der Waals surface area contributed by atoms with Crippen LogP contribution in [0.3, 0.4) is 0 Å². The topological polar surface area (TPSA) is 58.5 Å². The van der Waals surface area contributed by atoms with Crippen molar-refractivity contribution in [2.45, 2.75) is 52.0 Å². The molecule has 28 heavy (non-hydrogen) atoms. The molecule has 0 aliphatic heterocycles. The minimum atomic E-state index is 0. The number of methoxy groups -OCH3 is 1. The van der Waals surface area contributed by atoms with Crippen LogP contribution in [0.5, 0.6) is 5.75 Å². The number of ether oxygens (including phenoxy) is 1. The van der Waals surface area contributed by atoms with Gasteiger partial charge >= 0.3 is 0 Å². The van der Waals surface area contributed by atoms with Gasteiger partial charge in [0.15, 0.2) is 5.96 Å². The number of rotatable bonds is 8. The molecule has 0 atom stereocenters. The van der Waals surface area contributed by atoms with Crippen molar-refractivity contribution in [2.75, 3.05) is 20.2 Å². The molecule has 0 saturated carbocycles. The number of nitrogens with one attached hydrogen (secondary N) is 2. The summed E-state index contributed by atoms with van der Waals surface area (Å²) >= 11 is 1.92. The summed E-state index contributed by atoms with van der Waals surface area (Å²) in [6, 6.07) is 8.04. The quantitative estimate of drug-likeness (QED) is 0.238. The number of fused-ring (bicyclic) bond motifs is 1. The summed E-state index contributed by atoms with van der Waals surface area (Å²) in [7, 11) is 1.69. The molecule has 2 N–H and O–H groups in total.